The van der Waals surface area contributed by atoms with E-state index in [1.54, 1.807) is 12.1 Å². The number of rotatable bonds is 3. The normalized spacial score (nSPS) is 16.1. The highest BCUT2D eigenvalue weighted by Crippen LogP contribution is 2.18. The molecular formula is C14H18BrFN2S. The molecular weight excluding hydrogens is 327 g/mol. The summed E-state index contributed by atoms with van der Waals surface area (Å²) in [7, 11) is 0. The Morgan fingerprint density at radius 3 is 2.74 bits per heavy atom. The van der Waals surface area contributed by atoms with Crippen LogP contribution in [0.1, 0.15) is 37.7 Å². The lowest BCUT2D eigenvalue weighted by atomic mass is 9.96. The van der Waals surface area contributed by atoms with E-state index in [1.165, 1.54) is 38.2 Å². The summed E-state index contributed by atoms with van der Waals surface area (Å²) in [6.07, 6.45) is 6.30. The van der Waals surface area contributed by atoms with Crippen LogP contribution in [-0.2, 0) is 6.54 Å². The molecule has 0 saturated heterocycles. The fourth-order valence-electron chi connectivity index (χ4n) is 2.32. The van der Waals surface area contributed by atoms with Gasteiger partial charge in [-0.15, -0.1) is 0 Å². The van der Waals surface area contributed by atoms with Crippen LogP contribution in [0.3, 0.4) is 0 Å². The van der Waals surface area contributed by atoms with Crippen LogP contribution < -0.4 is 10.6 Å². The second-order valence-electron chi connectivity index (χ2n) is 4.91. The molecule has 2 rings (SSSR count). The molecule has 5 heteroatoms. The Morgan fingerprint density at radius 2 is 2.05 bits per heavy atom. The Balaban J connectivity index is 1.77. The fraction of sp³-hybridized carbons (Fsp3) is 0.500. The molecule has 1 aliphatic rings. The highest BCUT2D eigenvalue weighted by Gasteiger charge is 2.13. The summed E-state index contributed by atoms with van der Waals surface area (Å²) in [5, 5.41) is 7.21. The van der Waals surface area contributed by atoms with Crippen LogP contribution in [-0.4, -0.2) is 11.2 Å². The minimum Gasteiger partial charge on any atom is -0.360 e. The lowest BCUT2D eigenvalue weighted by molar-refractivity contribution is 0.412. The molecule has 104 valence electrons. The summed E-state index contributed by atoms with van der Waals surface area (Å²) < 4.78 is 13.6. The first-order chi connectivity index (χ1) is 9.15. The van der Waals surface area contributed by atoms with Crippen molar-refractivity contribution in [1.82, 2.24) is 10.6 Å². The first-order valence-electron chi connectivity index (χ1n) is 6.63. The van der Waals surface area contributed by atoms with E-state index in [4.69, 9.17) is 12.2 Å². The summed E-state index contributed by atoms with van der Waals surface area (Å²) in [4.78, 5) is 0. The number of benzene rings is 1. The molecule has 0 spiro atoms. The van der Waals surface area contributed by atoms with Crippen LogP contribution in [0.25, 0.3) is 0 Å². The van der Waals surface area contributed by atoms with E-state index in [-0.39, 0.29) is 5.82 Å². The number of nitrogens with one attached hydrogen (secondary N) is 2. The van der Waals surface area contributed by atoms with Gasteiger partial charge in [0.1, 0.15) is 5.82 Å². The van der Waals surface area contributed by atoms with Gasteiger partial charge in [0.15, 0.2) is 5.11 Å². The van der Waals surface area contributed by atoms with Crippen LogP contribution in [0, 0.1) is 5.82 Å². The minimum atomic E-state index is -0.244. The third kappa shape index (κ3) is 4.73. The number of halogens is 2. The van der Waals surface area contributed by atoms with E-state index in [2.05, 4.69) is 26.6 Å². The highest BCUT2D eigenvalue weighted by atomic mass is 79.9. The van der Waals surface area contributed by atoms with Gasteiger partial charge >= 0.3 is 0 Å². The lowest BCUT2D eigenvalue weighted by Crippen LogP contribution is -2.42. The third-order valence-corrected chi connectivity index (χ3v) is 4.25. The van der Waals surface area contributed by atoms with E-state index < -0.39 is 0 Å². The van der Waals surface area contributed by atoms with Crippen molar-refractivity contribution in [2.24, 2.45) is 0 Å². The van der Waals surface area contributed by atoms with Gasteiger partial charge in [-0.1, -0.05) is 25.3 Å². The molecule has 2 nitrogen and oxygen atoms in total. The predicted octanol–water partition coefficient (Wildman–Crippen LogP) is 3.89. The Morgan fingerprint density at radius 1 is 1.32 bits per heavy atom. The molecule has 1 aliphatic carbocycles. The standard InChI is InChI=1S/C14H18BrFN2S/c15-12-8-10(6-7-13(12)16)9-17-14(19)18-11-4-2-1-3-5-11/h6-8,11H,1-5,9H2,(H2,17,18,19). The monoisotopic (exact) mass is 344 g/mol. The van der Waals surface area contributed by atoms with Crippen LogP contribution >= 0.6 is 28.1 Å². The van der Waals surface area contributed by atoms with Gasteiger partial charge in [0.25, 0.3) is 0 Å². The van der Waals surface area contributed by atoms with Crippen molar-refractivity contribution in [3.8, 4) is 0 Å². The molecule has 0 amide bonds. The number of hydrogen-bond acceptors (Lipinski definition) is 1. The predicted molar refractivity (Wildman–Crippen MR) is 83.5 cm³/mol. The smallest absolute Gasteiger partial charge is 0.166 e. The molecule has 0 unspecified atom stereocenters. The molecule has 2 N–H and O–H groups in total. The maximum atomic E-state index is 13.1. The summed E-state index contributed by atoms with van der Waals surface area (Å²) >= 11 is 8.47. The molecule has 0 aliphatic heterocycles. The van der Waals surface area contributed by atoms with Crippen LogP contribution in [0.5, 0.6) is 0 Å². The van der Waals surface area contributed by atoms with E-state index in [9.17, 15) is 4.39 Å². The average Bonchev–Trinajstić information content (AvgIpc) is 2.41. The summed E-state index contributed by atoms with van der Waals surface area (Å²) in [6.45, 7) is 0.609. The Labute approximate surface area is 127 Å². The van der Waals surface area contributed by atoms with Crippen molar-refractivity contribution in [3.05, 3.63) is 34.1 Å². The fourth-order valence-corrected chi connectivity index (χ4v) is 2.98. The van der Waals surface area contributed by atoms with Crippen molar-refractivity contribution in [3.63, 3.8) is 0 Å². The average molecular weight is 345 g/mol. The molecule has 1 aromatic carbocycles. The zero-order valence-electron chi connectivity index (χ0n) is 10.7. The number of hydrogen-bond donors (Lipinski definition) is 2. The van der Waals surface area contributed by atoms with Gasteiger partial charge in [-0.2, -0.15) is 0 Å². The first kappa shape index (κ1) is 14.7. The Hall–Kier alpha value is -0.680. The zero-order valence-corrected chi connectivity index (χ0v) is 13.1. The van der Waals surface area contributed by atoms with Crippen LogP contribution in [0.2, 0.25) is 0 Å². The van der Waals surface area contributed by atoms with E-state index >= 15 is 0 Å². The van der Waals surface area contributed by atoms with Crippen molar-refractivity contribution in [2.45, 2.75) is 44.7 Å². The number of thiocarbonyl (C=S) groups is 1. The molecule has 0 aromatic heterocycles. The van der Waals surface area contributed by atoms with Gasteiger partial charge in [-0.05, 0) is 58.7 Å². The van der Waals surface area contributed by atoms with Gasteiger partial charge in [-0.3, -0.25) is 0 Å². The van der Waals surface area contributed by atoms with Crippen LogP contribution in [0.4, 0.5) is 4.39 Å². The maximum absolute atomic E-state index is 13.1. The third-order valence-electron chi connectivity index (χ3n) is 3.38. The van der Waals surface area contributed by atoms with Crippen LogP contribution in [0.15, 0.2) is 22.7 Å². The van der Waals surface area contributed by atoms with Crippen molar-refractivity contribution in [2.75, 3.05) is 0 Å². The maximum Gasteiger partial charge on any atom is 0.166 e. The van der Waals surface area contributed by atoms with Gasteiger partial charge < -0.3 is 10.6 Å². The summed E-state index contributed by atoms with van der Waals surface area (Å²) in [5.74, 6) is -0.244. The van der Waals surface area contributed by atoms with Gasteiger partial charge in [0.2, 0.25) is 0 Å². The molecule has 0 heterocycles. The molecule has 0 bridgehead atoms. The first-order valence-corrected chi connectivity index (χ1v) is 7.83. The quantitative estimate of drug-likeness (QED) is 0.813. The Bertz CT molecular complexity index is 447. The van der Waals surface area contributed by atoms with Gasteiger partial charge in [0.05, 0.1) is 4.47 Å². The highest BCUT2D eigenvalue weighted by molar-refractivity contribution is 9.10. The topological polar surface area (TPSA) is 24.1 Å². The van der Waals surface area contributed by atoms with E-state index in [0.29, 0.717) is 22.2 Å². The molecule has 0 radical (unpaired) electrons. The second-order valence-corrected chi connectivity index (χ2v) is 6.17. The largest absolute Gasteiger partial charge is 0.360 e. The lowest BCUT2D eigenvalue weighted by Gasteiger charge is -2.24. The summed E-state index contributed by atoms with van der Waals surface area (Å²) in [6, 6.07) is 5.49. The molecule has 1 saturated carbocycles. The van der Waals surface area contributed by atoms with E-state index in [0.717, 1.165) is 5.56 Å². The second kappa shape index (κ2) is 7.20. The molecule has 19 heavy (non-hydrogen) atoms. The molecule has 0 atom stereocenters. The minimum absolute atomic E-state index is 0.244. The van der Waals surface area contributed by atoms with Gasteiger partial charge in [0, 0.05) is 12.6 Å². The van der Waals surface area contributed by atoms with Crippen molar-refractivity contribution < 1.29 is 4.39 Å². The van der Waals surface area contributed by atoms with Crippen molar-refractivity contribution >= 4 is 33.3 Å². The SMILES string of the molecule is Fc1ccc(CNC(=S)NC2CCCCC2)cc1Br. The van der Waals surface area contributed by atoms with E-state index in [1.807, 2.05) is 0 Å². The molecule has 1 aromatic rings. The molecule has 1 fully saturated rings. The van der Waals surface area contributed by atoms with Gasteiger partial charge in [-0.25, -0.2) is 4.39 Å². The summed E-state index contributed by atoms with van der Waals surface area (Å²) in [5.41, 5.74) is 1.00. The Kier molecular flexibility index (Phi) is 5.58. The zero-order chi connectivity index (χ0) is 13.7. The van der Waals surface area contributed by atoms with Crippen molar-refractivity contribution in [1.29, 1.82) is 0 Å².